The first-order chi connectivity index (χ1) is 22.8. The Labute approximate surface area is 275 Å². The summed E-state index contributed by atoms with van der Waals surface area (Å²) in [6.07, 6.45) is 7.00. The van der Waals surface area contributed by atoms with Gasteiger partial charge in [-0.1, -0.05) is 36.9 Å². The molecule has 3 aromatic heterocycles. The van der Waals surface area contributed by atoms with Gasteiger partial charge >= 0.3 is 13.5 Å². The van der Waals surface area contributed by atoms with Crippen molar-refractivity contribution in [1.82, 2.24) is 24.8 Å². The summed E-state index contributed by atoms with van der Waals surface area (Å²) < 4.78 is 28.0. The van der Waals surface area contributed by atoms with Crippen LogP contribution in [0.25, 0.3) is 34.0 Å². The third-order valence-corrected chi connectivity index (χ3v) is 11.0. The summed E-state index contributed by atoms with van der Waals surface area (Å²) in [4.78, 5) is 34.3. The lowest BCUT2D eigenvalue weighted by Gasteiger charge is -2.23. The fourth-order valence-electron chi connectivity index (χ4n) is 5.19. The lowest BCUT2D eigenvalue weighted by Crippen LogP contribution is -2.21. The van der Waals surface area contributed by atoms with Crippen molar-refractivity contribution in [1.29, 1.82) is 0 Å². The van der Waals surface area contributed by atoms with Crippen LogP contribution in [0, 0.1) is 5.92 Å². The number of rotatable bonds is 11. The minimum Gasteiger partial charge on any atom is -0.469 e. The van der Waals surface area contributed by atoms with Gasteiger partial charge in [0.15, 0.2) is 0 Å². The second-order valence-electron chi connectivity index (χ2n) is 10.8. The van der Waals surface area contributed by atoms with Crippen LogP contribution in [-0.2, 0) is 14.1 Å². The summed E-state index contributed by atoms with van der Waals surface area (Å²) in [5, 5.41) is 9.14. The average Bonchev–Trinajstić information content (AvgIpc) is 3.71. The Morgan fingerprint density at radius 1 is 1.04 bits per heavy atom. The second kappa shape index (κ2) is 13.7. The van der Waals surface area contributed by atoms with Gasteiger partial charge in [0, 0.05) is 45.5 Å². The number of fused-ring (bicyclic) bond motifs is 2. The van der Waals surface area contributed by atoms with Crippen molar-refractivity contribution in [3.8, 4) is 5.75 Å². The Balaban J connectivity index is 1.50. The number of aromatic amines is 1. The number of hydrogen-bond acceptors (Lipinski definition) is 8. The number of pyridine rings is 1. The highest BCUT2D eigenvalue weighted by Crippen LogP contribution is 2.52. The molecule has 3 heterocycles. The van der Waals surface area contributed by atoms with Gasteiger partial charge in [0.2, 0.25) is 0 Å². The van der Waals surface area contributed by atoms with Gasteiger partial charge in [-0.2, -0.15) is 9.55 Å². The molecule has 0 aliphatic heterocycles. The summed E-state index contributed by atoms with van der Waals surface area (Å²) in [7, 11) is -1.06. The highest BCUT2D eigenvalue weighted by Gasteiger charge is 2.36. The molecule has 0 spiro atoms. The SMILES string of the molecule is CNC(=O)c1ccccc1Sc1ccc2c(/C=C/c3ccccn3)nn(P(=O)(C[C@@H](C)C(=O)OC)Oc3ccc4[nH]ccc4c3)c2c1. The van der Waals surface area contributed by atoms with Gasteiger partial charge in [-0.3, -0.25) is 19.1 Å². The molecule has 10 nitrogen and oxygen atoms in total. The van der Waals surface area contributed by atoms with Crippen molar-refractivity contribution in [2.45, 2.75) is 16.7 Å². The van der Waals surface area contributed by atoms with E-state index in [1.807, 2.05) is 85.1 Å². The molecule has 6 aromatic rings. The number of H-pyrrole nitrogens is 1. The summed E-state index contributed by atoms with van der Waals surface area (Å²) in [6.45, 7) is 1.65. The van der Waals surface area contributed by atoms with Crippen molar-refractivity contribution in [2.24, 2.45) is 5.92 Å². The Kier molecular flexibility index (Phi) is 9.29. The monoisotopic (exact) mass is 665 g/mol. The van der Waals surface area contributed by atoms with Crippen LogP contribution in [-0.4, -0.2) is 51.7 Å². The Morgan fingerprint density at radius 3 is 2.66 bits per heavy atom. The fourth-order valence-corrected chi connectivity index (χ4v) is 8.49. The van der Waals surface area contributed by atoms with Crippen LogP contribution >= 0.6 is 19.3 Å². The molecule has 12 heteroatoms. The van der Waals surface area contributed by atoms with E-state index >= 15 is 4.57 Å². The molecule has 0 radical (unpaired) electrons. The molecule has 0 saturated heterocycles. The number of carbonyl (C=O) groups is 2. The fraction of sp³-hybridized carbons (Fsp3) is 0.143. The summed E-state index contributed by atoms with van der Waals surface area (Å²) in [5.74, 6) is -1.10. The molecule has 47 heavy (non-hydrogen) atoms. The van der Waals surface area contributed by atoms with Crippen LogP contribution in [0.1, 0.15) is 28.7 Å². The quantitative estimate of drug-likeness (QED) is 0.107. The van der Waals surface area contributed by atoms with Gasteiger partial charge in [-0.25, -0.2) is 0 Å². The number of carbonyl (C=O) groups excluding carboxylic acids is 2. The minimum absolute atomic E-state index is 0.165. The lowest BCUT2D eigenvalue weighted by atomic mass is 10.2. The number of nitrogens with one attached hydrogen (secondary N) is 2. The number of benzene rings is 3. The zero-order valence-corrected chi connectivity index (χ0v) is 27.6. The van der Waals surface area contributed by atoms with E-state index < -0.39 is 19.4 Å². The lowest BCUT2D eigenvalue weighted by molar-refractivity contribution is -0.144. The average molecular weight is 666 g/mol. The number of methoxy groups -OCH3 is 1. The Bertz CT molecular complexity index is 2160. The maximum Gasteiger partial charge on any atom is 0.364 e. The van der Waals surface area contributed by atoms with Gasteiger partial charge in [-0.15, -0.1) is 0 Å². The summed E-state index contributed by atoms with van der Waals surface area (Å²) in [6, 6.07) is 25.9. The molecule has 1 unspecified atom stereocenters. The maximum absolute atomic E-state index is 15.2. The molecule has 0 fully saturated rings. The molecule has 2 atom stereocenters. The first-order valence-corrected chi connectivity index (χ1v) is 17.4. The molecule has 2 N–H and O–H groups in total. The largest absolute Gasteiger partial charge is 0.469 e. The molecule has 0 aliphatic rings. The first kappa shape index (κ1) is 31.8. The third-order valence-electron chi connectivity index (χ3n) is 7.52. The molecule has 238 valence electrons. The molecule has 0 saturated carbocycles. The molecular weight excluding hydrogens is 633 g/mol. The van der Waals surface area contributed by atoms with E-state index in [2.05, 4.69) is 15.3 Å². The Hall–Kier alpha value is -5.12. The zero-order valence-electron chi connectivity index (χ0n) is 25.9. The second-order valence-corrected chi connectivity index (χ2v) is 14.1. The minimum atomic E-state index is -3.96. The maximum atomic E-state index is 15.2. The van der Waals surface area contributed by atoms with Gasteiger partial charge < -0.3 is 19.6 Å². The Morgan fingerprint density at radius 2 is 1.87 bits per heavy atom. The van der Waals surface area contributed by atoms with E-state index in [4.69, 9.17) is 14.4 Å². The molecule has 3 aromatic carbocycles. The van der Waals surface area contributed by atoms with Crippen LogP contribution < -0.4 is 9.84 Å². The predicted octanol–water partition coefficient (Wildman–Crippen LogP) is 7.52. The number of amides is 1. The standard InChI is InChI=1S/C35H32N5O5PS/c1-23(35(42)44-3)22-46(43,45-26-12-16-30-24(20-26)17-19-38-30)40-32-21-27(47-33-10-5-4-9-29(33)34(41)36-2)13-14-28(32)31(39-40)15-11-25-8-6-7-18-37-25/h4-21,23,38H,22H2,1-3H3,(H,36,41)/b15-11+/t23-,46?/m1/s1. The van der Waals surface area contributed by atoms with E-state index in [9.17, 15) is 9.59 Å². The number of aromatic nitrogens is 4. The van der Waals surface area contributed by atoms with Gasteiger partial charge in [0.1, 0.15) is 5.75 Å². The van der Waals surface area contributed by atoms with E-state index in [-0.39, 0.29) is 12.1 Å². The van der Waals surface area contributed by atoms with E-state index in [1.54, 1.807) is 38.4 Å². The van der Waals surface area contributed by atoms with Crippen molar-refractivity contribution >= 4 is 65.1 Å². The number of hydrogen-bond donors (Lipinski definition) is 2. The summed E-state index contributed by atoms with van der Waals surface area (Å²) >= 11 is 1.40. The van der Waals surface area contributed by atoms with Crippen molar-refractivity contribution in [3.05, 3.63) is 114 Å². The summed E-state index contributed by atoms with van der Waals surface area (Å²) in [5.41, 5.74) is 3.25. The number of esters is 1. The van der Waals surface area contributed by atoms with E-state index in [1.165, 1.54) is 23.3 Å². The van der Waals surface area contributed by atoms with Crippen molar-refractivity contribution in [3.63, 3.8) is 0 Å². The molecular formula is C35H32N5O5PS. The number of nitrogens with zero attached hydrogens (tertiary/aromatic N) is 3. The molecule has 1 amide bonds. The van der Waals surface area contributed by atoms with Crippen LogP contribution in [0.2, 0.25) is 0 Å². The zero-order chi connectivity index (χ0) is 33.0. The molecule has 6 rings (SSSR count). The van der Waals surface area contributed by atoms with Crippen LogP contribution in [0.15, 0.2) is 107 Å². The highest BCUT2D eigenvalue weighted by atomic mass is 32.2. The van der Waals surface area contributed by atoms with Crippen molar-refractivity contribution in [2.75, 3.05) is 20.3 Å². The van der Waals surface area contributed by atoms with E-state index in [0.29, 0.717) is 22.5 Å². The third kappa shape index (κ3) is 6.86. The topological polar surface area (TPSA) is 128 Å². The first-order valence-electron chi connectivity index (χ1n) is 14.8. The smallest absolute Gasteiger partial charge is 0.364 e. The van der Waals surface area contributed by atoms with Gasteiger partial charge in [-0.05, 0) is 78.9 Å². The predicted molar refractivity (Wildman–Crippen MR) is 185 cm³/mol. The molecule has 0 aliphatic carbocycles. The highest BCUT2D eigenvalue weighted by molar-refractivity contribution is 7.99. The molecule has 0 bridgehead atoms. The van der Waals surface area contributed by atoms with Crippen LogP contribution in [0.5, 0.6) is 5.75 Å². The van der Waals surface area contributed by atoms with Gasteiger partial charge in [0.05, 0.1) is 41.7 Å². The number of ether oxygens (including phenoxy) is 1. The van der Waals surface area contributed by atoms with Crippen LogP contribution in [0.4, 0.5) is 0 Å². The van der Waals surface area contributed by atoms with Gasteiger partial charge in [0.25, 0.3) is 5.91 Å². The van der Waals surface area contributed by atoms with E-state index in [0.717, 1.165) is 31.8 Å². The normalized spacial score (nSPS) is 13.4. The van der Waals surface area contributed by atoms with Crippen LogP contribution in [0.3, 0.4) is 0 Å². The van der Waals surface area contributed by atoms with Crippen molar-refractivity contribution < 1.29 is 23.4 Å².